The van der Waals surface area contributed by atoms with Crippen molar-refractivity contribution in [3.05, 3.63) is 28.2 Å². The lowest BCUT2D eigenvalue weighted by Crippen LogP contribution is -2.36. The van der Waals surface area contributed by atoms with E-state index in [0.29, 0.717) is 6.04 Å². The van der Waals surface area contributed by atoms with Crippen LogP contribution >= 0.6 is 15.9 Å². The quantitative estimate of drug-likeness (QED) is 0.893. The monoisotopic (exact) mass is 311 g/mol. The Hall–Kier alpha value is -0.540. The highest BCUT2D eigenvalue weighted by atomic mass is 79.9. The lowest BCUT2D eigenvalue weighted by molar-refractivity contribution is 0.219. The van der Waals surface area contributed by atoms with Gasteiger partial charge in [0.25, 0.3) is 0 Å². The van der Waals surface area contributed by atoms with Crippen LogP contribution in [0.5, 0.6) is 5.75 Å². The van der Waals surface area contributed by atoms with E-state index in [0.717, 1.165) is 29.1 Å². The molecule has 0 saturated heterocycles. The second-order valence-electron chi connectivity index (χ2n) is 5.63. The highest BCUT2D eigenvalue weighted by molar-refractivity contribution is 9.10. The smallest absolute Gasteiger partial charge is 0.123 e. The van der Waals surface area contributed by atoms with E-state index in [1.54, 1.807) is 0 Å². The summed E-state index contributed by atoms with van der Waals surface area (Å²) in [6.45, 7) is 7.70. The number of fused-ring (bicyclic) bond motifs is 1. The zero-order valence-corrected chi connectivity index (χ0v) is 13.0. The fraction of sp³-hybridized carbons (Fsp3) is 0.600. The molecule has 1 N–H and O–H groups in total. The summed E-state index contributed by atoms with van der Waals surface area (Å²) < 4.78 is 7.07. The molecule has 2 unspecified atom stereocenters. The SMILES string of the molecule is CC(C)CC(C)NCC1Cc2cc(Br)ccc2O1. The molecule has 18 heavy (non-hydrogen) atoms. The maximum Gasteiger partial charge on any atom is 0.123 e. The van der Waals surface area contributed by atoms with Gasteiger partial charge in [-0.05, 0) is 43.0 Å². The standard InChI is InChI=1S/C15H22BrNO/c1-10(2)6-11(3)17-9-14-8-12-7-13(16)4-5-15(12)18-14/h4-5,7,10-11,14,17H,6,8-9H2,1-3H3. The van der Waals surface area contributed by atoms with Gasteiger partial charge in [-0.3, -0.25) is 0 Å². The van der Waals surface area contributed by atoms with Crippen LogP contribution in [0.3, 0.4) is 0 Å². The molecular formula is C15H22BrNO. The van der Waals surface area contributed by atoms with E-state index < -0.39 is 0 Å². The molecular weight excluding hydrogens is 290 g/mol. The summed E-state index contributed by atoms with van der Waals surface area (Å²) in [6, 6.07) is 6.81. The molecule has 0 fully saturated rings. The molecule has 2 nitrogen and oxygen atoms in total. The van der Waals surface area contributed by atoms with Crippen molar-refractivity contribution in [3.8, 4) is 5.75 Å². The van der Waals surface area contributed by atoms with Crippen LogP contribution in [0.2, 0.25) is 0 Å². The molecule has 1 aliphatic rings. The number of hydrogen-bond acceptors (Lipinski definition) is 2. The van der Waals surface area contributed by atoms with Gasteiger partial charge in [0.1, 0.15) is 11.9 Å². The Morgan fingerprint density at radius 3 is 2.89 bits per heavy atom. The third kappa shape index (κ3) is 3.72. The highest BCUT2D eigenvalue weighted by Gasteiger charge is 2.23. The Labute approximate surface area is 118 Å². The fourth-order valence-electron chi connectivity index (χ4n) is 2.53. The first-order valence-corrected chi connectivity index (χ1v) is 7.52. The second kappa shape index (κ2) is 6.07. The van der Waals surface area contributed by atoms with E-state index >= 15 is 0 Å². The third-order valence-electron chi connectivity index (χ3n) is 3.28. The fourth-order valence-corrected chi connectivity index (χ4v) is 2.93. The van der Waals surface area contributed by atoms with Gasteiger partial charge in [0.05, 0.1) is 0 Å². The van der Waals surface area contributed by atoms with Gasteiger partial charge in [-0.2, -0.15) is 0 Å². The van der Waals surface area contributed by atoms with Crippen molar-refractivity contribution < 1.29 is 4.74 Å². The minimum atomic E-state index is 0.281. The number of benzene rings is 1. The lowest BCUT2D eigenvalue weighted by atomic mass is 10.0. The van der Waals surface area contributed by atoms with Crippen LogP contribution in [-0.2, 0) is 6.42 Å². The zero-order valence-electron chi connectivity index (χ0n) is 11.4. The van der Waals surface area contributed by atoms with Crippen molar-refractivity contribution in [2.24, 2.45) is 5.92 Å². The molecule has 1 aromatic carbocycles. The summed E-state index contributed by atoms with van der Waals surface area (Å²) >= 11 is 3.50. The Bertz CT molecular complexity index is 405. The van der Waals surface area contributed by atoms with Crippen LogP contribution in [0.25, 0.3) is 0 Å². The number of hydrogen-bond donors (Lipinski definition) is 1. The average molecular weight is 312 g/mol. The van der Waals surface area contributed by atoms with Gasteiger partial charge in [-0.15, -0.1) is 0 Å². The van der Waals surface area contributed by atoms with Gasteiger partial charge in [-0.25, -0.2) is 0 Å². The maximum absolute atomic E-state index is 5.93. The molecule has 0 aliphatic carbocycles. The van der Waals surface area contributed by atoms with Crippen LogP contribution in [0, 0.1) is 5.92 Å². The van der Waals surface area contributed by atoms with Crippen molar-refractivity contribution in [3.63, 3.8) is 0 Å². The van der Waals surface area contributed by atoms with Gasteiger partial charge < -0.3 is 10.1 Å². The molecule has 1 aromatic rings. The van der Waals surface area contributed by atoms with E-state index in [2.05, 4.69) is 54.2 Å². The molecule has 0 aromatic heterocycles. The first kappa shape index (κ1) is 13.9. The number of halogens is 1. The molecule has 0 amide bonds. The molecule has 1 aliphatic heterocycles. The largest absolute Gasteiger partial charge is 0.488 e. The molecule has 0 saturated carbocycles. The van der Waals surface area contributed by atoms with Crippen molar-refractivity contribution >= 4 is 15.9 Å². The lowest BCUT2D eigenvalue weighted by Gasteiger charge is -2.18. The predicted octanol–water partition coefficient (Wildman–Crippen LogP) is 3.78. The van der Waals surface area contributed by atoms with Crippen LogP contribution in [0.1, 0.15) is 32.8 Å². The van der Waals surface area contributed by atoms with Crippen LogP contribution in [-0.4, -0.2) is 18.7 Å². The normalized spacial score (nSPS) is 19.7. The summed E-state index contributed by atoms with van der Waals surface area (Å²) in [6.07, 6.45) is 2.50. The van der Waals surface area contributed by atoms with Crippen molar-refractivity contribution in [1.29, 1.82) is 0 Å². The summed E-state index contributed by atoms with van der Waals surface area (Å²) in [4.78, 5) is 0. The van der Waals surface area contributed by atoms with Crippen LogP contribution in [0.4, 0.5) is 0 Å². The molecule has 1 heterocycles. The van der Waals surface area contributed by atoms with Crippen molar-refractivity contribution in [2.75, 3.05) is 6.54 Å². The Morgan fingerprint density at radius 1 is 1.39 bits per heavy atom. The first-order chi connectivity index (χ1) is 8.54. The Morgan fingerprint density at radius 2 is 2.17 bits per heavy atom. The summed E-state index contributed by atoms with van der Waals surface area (Å²) in [7, 11) is 0. The number of ether oxygens (including phenoxy) is 1. The van der Waals surface area contributed by atoms with Gasteiger partial charge >= 0.3 is 0 Å². The van der Waals surface area contributed by atoms with E-state index in [4.69, 9.17) is 4.74 Å². The van der Waals surface area contributed by atoms with E-state index in [1.807, 2.05) is 6.07 Å². The third-order valence-corrected chi connectivity index (χ3v) is 3.78. The van der Waals surface area contributed by atoms with Crippen molar-refractivity contribution in [2.45, 2.75) is 45.8 Å². The Balaban J connectivity index is 1.81. The first-order valence-electron chi connectivity index (χ1n) is 6.73. The summed E-state index contributed by atoms with van der Waals surface area (Å²) in [5.74, 6) is 1.78. The van der Waals surface area contributed by atoms with Gasteiger partial charge in [-0.1, -0.05) is 29.8 Å². The summed E-state index contributed by atoms with van der Waals surface area (Å²) in [5, 5.41) is 3.57. The van der Waals surface area contributed by atoms with Gasteiger partial charge in [0.15, 0.2) is 0 Å². The van der Waals surface area contributed by atoms with E-state index in [1.165, 1.54) is 12.0 Å². The average Bonchev–Trinajstić information content (AvgIpc) is 2.67. The zero-order chi connectivity index (χ0) is 13.1. The van der Waals surface area contributed by atoms with E-state index in [-0.39, 0.29) is 6.10 Å². The van der Waals surface area contributed by atoms with Gasteiger partial charge in [0.2, 0.25) is 0 Å². The van der Waals surface area contributed by atoms with Crippen LogP contribution in [0.15, 0.2) is 22.7 Å². The second-order valence-corrected chi connectivity index (χ2v) is 6.55. The molecule has 100 valence electrons. The predicted molar refractivity (Wildman–Crippen MR) is 79.2 cm³/mol. The molecule has 0 spiro atoms. The topological polar surface area (TPSA) is 21.3 Å². The molecule has 0 bridgehead atoms. The summed E-state index contributed by atoms with van der Waals surface area (Å²) in [5.41, 5.74) is 1.31. The number of nitrogens with one attached hydrogen (secondary N) is 1. The minimum Gasteiger partial charge on any atom is -0.488 e. The van der Waals surface area contributed by atoms with Gasteiger partial charge in [0, 0.05) is 23.5 Å². The minimum absolute atomic E-state index is 0.281. The highest BCUT2D eigenvalue weighted by Crippen LogP contribution is 2.30. The molecule has 3 heteroatoms. The molecule has 0 radical (unpaired) electrons. The van der Waals surface area contributed by atoms with Crippen LogP contribution < -0.4 is 10.1 Å². The van der Waals surface area contributed by atoms with Crippen molar-refractivity contribution in [1.82, 2.24) is 5.32 Å². The van der Waals surface area contributed by atoms with E-state index in [9.17, 15) is 0 Å². The number of rotatable bonds is 5. The Kier molecular flexibility index (Phi) is 4.68. The molecule has 2 rings (SSSR count). The maximum atomic E-state index is 5.93. The molecule has 2 atom stereocenters.